The Balaban J connectivity index is 1.37. The molecule has 8 nitrogen and oxygen atoms in total. The van der Waals surface area contributed by atoms with Gasteiger partial charge in [0.2, 0.25) is 5.91 Å². The van der Waals surface area contributed by atoms with Crippen LogP contribution in [0, 0.1) is 0 Å². The van der Waals surface area contributed by atoms with Crippen LogP contribution in [0.2, 0.25) is 0 Å². The molecule has 0 aliphatic carbocycles. The number of benzene rings is 4. The molecule has 250 valence electrons. The summed E-state index contributed by atoms with van der Waals surface area (Å²) in [6.45, 7) is 4.89. The van der Waals surface area contributed by atoms with Crippen LogP contribution in [0.15, 0.2) is 97.1 Å². The number of para-hydroxylation sites is 1. The van der Waals surface area contributed by atoms with Gasteiger partial charge in [0.05, 0.1) is 12.1 Å². The van der Waals surface area contributed by atoms with Crippen LogP contribution in [-0.2, 0) is 39.9 Å². The summed E-state index contributed by atoms with van der Waals surface area (Å²) < 4.78 is 51.8. The lowest BCUT2D eigenvalue weighted by atomic mass is 9.93. The van der Waals surface area contributed by atoms with E-state index in [1.807, 2.05) is 42.5 Å². The van der Waals surface area contributed by atoms with Crippen molar-refractivity contribution < 1.29 is 42.1 Å². The van der Waals surface area contributed by atoms with E-state index in [9.17, 15) is 32.7 Å². The zero-order chi connectivity index (χ0) is 34.6. The van der Waals surface area contributed by atoms with Crippen LogP contribution in [0.3, 0.4) is 0 Å². The summed E-state index contributed by atoms with van der Waals surface area (Å²) in [4.78, 5) is 40.6. The molecular formula is C37H35F3N2O6. The summed E-state index contributed by atoms with van der Waals surface area (Å²) in [5.41, 5.74) is 2.02. The smallest absolute Gasteiger partial charge is 0.419 e. The van der Waals surface area contributed by atoms with Gasteiger partial charge in [0.15, 0.2) is 0 Å². The Morgan fingerprint density at radius 1 is 0.875 bits per heavy atom. The van der Waals surface area contributed by atoms with E-state index < -0.39 is 47.4 Å². The molecule has 1 aliphatic heterocycles. The molecule has 0 bridgehead atoms. The molecule has 0 aromatic heterocycles. The standard InChI is InChI=1S/C37H35F3N2O6/c1-36(2,3)48-35(46)42-22-27-20-28(47-32-12-8-7-11-29(32)37(38,39)40)18-17-26(27)21-31(42)33(43)41-30(34(44)45)19-23-13-15-25(16-14-23)24-9-5-4-6-10-24/h4-18,20,30-31H,19,21-22H2,1-3H3,(H,41,43)(H,44,45)/t30-,31?/m0/s1. The number of nitrogens with one attached hydrogen (secondary N) is 1. The molecule has 1 heterocycles. The number of halogens is 3. The fraction of sp³-hybridized carbons (Fsp3) is 0.270. The number of ether oxygens (including phenoxy) is 2. The van der Waals surface area contributed by atoms with Crippen LogP contribution >= 0.6 is 0 Å². The second kappa shape index (κ2) is 13.8. The molecule has 0 spiro atoms. The second-order valence-corrected chi connectivity index (χ2v) is 12.5. The number of hydrogen-bond donors (Lipinski definition) is 2. The highest BCUT2D eigenvalue weighted by atomic mass is 19.4. The predicted octanol–water partition coefficient (Wildman–Crippen LogP) is 7.64. The zero-order valence-electron chi connectivity index (χ0n) is 26.6. The number of fused-ring (bicyclic) bond motifs is 1. The van der Waals surface area contributed by atoms with Gasteiger partial charge < -0.3 is 19.9 Å². The Hall–Kier alpha value is -5.32. The molecule has 0 fully saturated rings. The van der Waals surface area contributed by atoms with Crippen molar-refractivity contribution in [3.05, 3.63) is 119 Å². The van der Waals surface area contributed by atoms with Gasteiger partial charge in [-0.2, -0.15) is 13.2 Å². The van der Waals surface area contributed by atoms with Crippen LogP contribution < -0.4 is 10.1 Å². The molecule has 1 unspecified atom stereocenters. The third-order valence-corrected chi connectivity index (χ3v) is 7.77. The summed E-state index contributed by atoms with van der Waals surface area (Å²) in [5.74, 6) is -2.19. The van der Waals surface area contributed by atoms with Gasteiger partial charge in [-0.25, -0.2) is 9.59 Å². The zero-order valence-corrected chi connectivity index (χ0v) is 26.6. The minimum atomic E-state index is -4.63. The molecule has 2 N–H and O–H groups in total. The van der Waals surface area contributed by atoms with Crippen molar-refractivity contribution in [3.8, 4) is 22.6 Å². The highest BCUT2D eigenvalue weighted by Gasteiger charge is 2.39. The van der Waals surface area contributed by atoms with Crippen LogP contribution in [0.4, 0.5) is 18.0 Å². The van der Waals surface area contributed by atoms with E-state index in [4.69, 9.17) is 9.47 Å². The molecule has 4 aromatic rings. The maximum atomic E-state index is 13.7. The maximum Gasteiger partial charge on any atom is 0.419 e. The van der Waals surface area contributed by atoms with Crippen molar-refractivity contribution in [2.45, 2.75) is 64.0 Å². The number of rotatable bonds is 8. The van der Waals surface area contributed by atoms with Gasteiger partial charge in [0.25, 0.3) is 0 Å². The van der Waals surface area contributed by atoms with Crippen LogP contribution in [-0.4, -0.2) is 45.7 Å². The van der Waals surface area contributed by atoms with Crippen molar-refractivity contribution in [1.82, 2.24) is 10.2 Å². The fourth-order valence-electron chi connectivity index (χ4n) is 5.46. The Morgan fingerprint density at radius 3 is 2.17 bits per heavy atom. The van der Waals surface area contributed by atoms with Gasteiger partial charge in [0, 0.05) is 12.8 Å². The van der Waals surface area contributed by atoms with Gasteiger partial charge in [-0.3, -0.25) is 9.69 Å². The number of hydrogen-bond acceptors (Lipinski definition) is 5. The van der Waals surface area contributed by atoms with Gasteiger partial charge in [0.1, 0.15) is 29.2 Å². The van der Waals surface area contributed by atoms with E-state index in [0.717, 1.165) is 17.2 Å². The number of carboxylic acids is 1. The summed E-state index contributed by atoms with van der Waals surface area (Å²) in [6, 6.07) is 24.1. The molecular weight excluding hydrogens is 625 g/mol. The molecule has 11 heteroatoms. The second-order valence-electron chi connectivity index (χ2n) is 12.5. The Morgan fingerprint density at radius 2 is 1.52 bits per heavy atom. The van der Waals surface area contributed by atoms with Crippen LogP contribution in [0.5, 0.6) is 11.5 Å². The van der Waals surface area contributed by atoms with E-state index in [1.165, 1.54) is 35.2 Å². The Kier molecular flexibility index (Phi) is 9.79. The van der Waals surface area contributed by atoms with Crippen LogP contribution in [0.1, 0.15) is 43.0 Å². The van der Waals surface area contributed by atoms with E-state index in [1.54, 1.807) is 39.0 Å². The summed E-state index contributed by atoms with van der Waals surface area (Å²) in [7, 11) is 0. The fourth-order valence-corrected chi connectivity index (χ4v) is 5.46. The number of carboxylic acid groups (broad SMARTS) is 1. The lowest BCUT2D eigenvalue weighted by Crippen LogP contribution is -2.56. The minimum absolute atomic E-state index is 0.00594. The van der Waals surface area contributed by atoms with Gasteiger partial charge in [-0.1, -0.05) is 72.8 Å². The first-order valence-electron chi connectivity index (χ1n) is 15.3. The van der Waals surface area contributed by atoms with Gasteiger partial charge >= 0.3 is 18.2 Å². The SMILES string of the molecule is CC(C)(C)OC(=O)N1Cc2cc(Oc3ccccc3C(F)(F)F)ccc2CC1C(=O)N[C@@H](Cc1ccc(-c2ccccc2)cc1)C(=O)O. The van der Waals surface area contributed by atoms with Gasteiger partial charge in [-0.05, 0) is 72.9 Å². The van der Waals surface area contributed by atoms with E-state index >= 15 is 0 Å². The summed E-state index contributed by atoms with van der Waals surface area (Å²) in [6.07, 6.45) is -5.41. The largest absolute Gasteiger partial charge is 0.480 e. The summed E-state index contributed by atoms with van der Waals surface area (Å²) in [5, 5.41) is 12.6. The van der Waals surface area contributed by atoms with E-state index in [0.29, 0.717) is 16.7 Å². The Bertz CT molecular complexity index is 1790. The van der Waals surface area contributed by atoms with Crippen molar-refractivity contribution in [2.75, 3.05) is 0 Å². The molecule has 1 aliphatic rings. The number of carbonyl (C=O) groups excluding carboxylic acids is 2. The molecule has 4 aromatic carbocycles. The molecule has 0 saturated carbocycles. The highest BCUT2D eigenvalue weighted by Crippen LogP contribution is 2.39. The summed E-state index contributed by atoms with van der Waals surface area (Å²) >= 11 is 0. The molecule has 0 radical (unpaired) electrons. The first kappa shape index (κ1) is 34.0. The highest BCUT2D eigenvalue weighted by molar-refractivity contribution is 5.90. The van der Waals surface area contributed by atoms with Gasteiger partial charge in [-0.15, -0.1) is 0 Å². The normalized spacial score (nSPS) is 15.2. The lowest BCUT2D eigenvalue weighted by molar-refractivity contribution is -0.142. The number of amides is 2. The predicted molar refractivity (Wildman–Crippen MR) is 172 cm³/mol. The number of carbonyl (C=O) groups is 3. The Labute approximate surface area is 276 Å². The number of aliphatic carboxylic acids is 1. The quantitative estimate of drug-likeness (QED) is 0.201. The molecule has 2 amide bonds. The average molecular weight is 661 g/mol. The van der Waals surface area contributed by atoms with Crippen molar-refractivity contribution in [1.29, 1.82) is 0 Å². The topological polar surface area (TPSA) is 105 Å². The molecule has 48 heavy (non-hydrogen) atoms. The average Bonchev–Trinajstić information content (AvgIpc) is 3.03. The van der Waals surface area contributed by atoms with Crippen molar-refractivity contribution in [2.24, 2.45) is 0 Å². The number of alkyl halides is 3. The monoisotopic (exact) mass is 660 g/mol. The maximum absolute atomic E-state index is 13.7. The third-order valence-electron chi connectivity index (χ3n) is 7.77. The minimum Gasteiger partial charge on any atom is -0.480 e. The lowest BCUT2D eigenvalue weighted by Gasteiger charge is -2.37. The first-order valence-corrected chi connectivity index (χ1v) is 15.3. The molecule has 5 rings (SSSR count). The molecule has 0 saturated heterocycles. The molecule has 2 atom stereocenters. The third kappa shape index (κ3) is 8.33. The number of nitrogens with zero attached hydrogens (tertiary/aromatic N) is 1. The van der Waals surface area contributed by atoms with Crippen molar-refractivity contribution in [3.63, 3.8) is 0 Å². The van der Waals surface area contributed by atoms with E-state index in [2.05, 4.69) is 5.32 Å². The van der Waals surface area contributed by atoms with E-state index in [-0.39, 0.29) is 30.9 Å². The van der Waals surface area contributed by atoms with Crippen LogP contribution in [0.25, 0.3) is 11.1 Å². The first-order chi connectivity index (χ1) is 22.7. The van der Waals surface area contributed by atoms with Crippen molar-refractivity contribution >= 4 is 18.0 Å².